The molecule has 4 N–H and O–H groups in total. The highest BCUT2D eigenvalue weighted by molar-refractivity contribution is 7.89. The number of nitrogens with zero attached hydrogens (tertiary/aromatic N) is 1. The van der Waals surface area contributed by atoms with Crippen molar-refractivity contribution in [2.75, 3.05) is 0 Å². The van der Waals surface area contributed by atoms with E-state index in [0.29, 0.717) is 11.5 Å². The topological polar surface area (TPSA) is 101 Å². The Bertz CT molecular complexity index is 453. The Kier molecular flexibility index (Phi) is 2.53. The normalized spacial score (nSPS) is 25.5. The van der Waals surface area contributed by atoms with Gasteiger partial charge in [-0.3, -0.25) is 5.10 Å². The summed E-state index contributed by atoms with van der Waals surface area (Å²) in [6.45, 7) is 2.16. The molecule has 0 amide bonds. The minimum Gasteiger partial charge on any atom is -0.326 e. The van der Waals surface area contributed by atoms with E-state index in [2.05, 4.69) is 14.9 Å². The summed E-state index contributed by atoms with van der Waals surface area (Å²) in [5.74, 6) is 0.420. The third kappa shape index (κ3) is 2.04. The molecule has 0 aliphatic heterocycles. The summed E-state index contributed by atoms with van der Waals surface area (Å²) in [6.07, 6.45) is 2.33. The molecule has 0 saturated heterocycles. The van der Waals surface area contributed by atoms with Crippen molar-refractivity contribution in [3.8, 4) is 0 Å². The maximum atomic E-state index is 11.8. The number of hydrogen-bond donors (Lipinski definition) is 3. The fraction of sp³-hybridized carbons (Fsp3) is 0.625. The molecule has 1 aliphatic rings. The third-order valence-electron chi connectivity index (χ3n) is 2.58. The van der Waals surface area contributed by atoms with E-state index in [9.17, 15) is 8.42 Å². The number of aromatic nitrogens is 2. The lowest BCUT2D eigenvalue weighted by Crippen LogP contribution is -2.28. The Hall–Kier alpha value is -0.920. The summed E-state index contributed by atoms with van der Waals surface area (Å²) >= 11 is 0. The van der Waals surface area contributed by atoms with Crippen molar-refractivity contribution in [2.45, 2.75) is 31.0 Å². The molecule has 1 aromatic rings. The number of H-pyrrole nitrogens is 1. The lowest BCUT2D eigenvalue weighted by Gasteiger charge is -2.04. The minimum atomic E-state index is -3.48. The predicted molar refractivity (Wildman–Crippen MR) is 54.4 cm³/mol. The molecule has 0 spiro atoms. The molecule has 1 saturated carbocycles. The van der Waals surface area contributed by atoms with E-state index in [-0.39, 0.29) is 17.6 Å². The first-order chi connectivity index (χ1) is 7.04. The summed E-state index contributed by atoms with van der Waals surface area (Å²) in [7, 11) is -3.48. The molecule has 84 valence electrons. The fourth-order valence-electron chi connectivity index (χ4n) is 1.42. The molecular formula is C8H14N4O2S. The van der Waals surface area contributed by atoms with Gasteiger partial charge in [0.1, 0.15) is 0 Å². The van der Waals surface area contributed by atoms with Crippen molar-refractivity contribution in [1.82, 2.24) is 14.9 Å². The van der Waals surface area contributed by atoms with Crippen LogP contribution in [0.15, 0.2) is 11.2 Å². The van der Waals surface area contributed by atoms with E-state index in [1.165, 1.54) is 6.20 Å². The molecule has 7 heteroatoms. The first kappa shape index (κ1) is 10.6. The standard InChI is InChI=1S/C8H14N4O2S/c1-5-2-7(5)12-15(13,14)8-6(3-9)4-10-11-8/h4-5,7,12H,2-3,9H2,1H3,(H,10,11). The molecule has 2 rings (SSSR count). The molecule has 2 atom stereocenters. The van der Waals surface area contributed by atoms with Crippen LogP contribution in [0, 0.1) is 5.92 Å². The van der Waals surface area contributed by atoms with Gasteiger partial charge in [-0.15, -0.1) is 0 Å². The third-order valence-corrected chi connectivity index (χ3v) is 4.09. The highest BCUT2D eigenvalue weighted by Gasteiger charge is 2.37. The first-order valence-electron chi connectivity index (χ1n) is 4.79. The van der Waals surface area contributed by atoms with Crippen LogP contribution in [0.5, 0.6) is 0 Å². The summed E-state index contributed by atoms with van der Waals surface area (Å²) in [5.41, 5.74) is 5.92. The van der Waals surface area contributed by atoms with Crippen LogP contribution in [0.4, 0.5) is 0 Å². The van der Waals surface area contributed by atoms with E-state index in [1.54, 1.807) is 0 Å². The van der Waals surface area contributed by atoms with Gasteiger partial charge < -0.3 is 5.73 Å². The quantitative estimate of drug-likeness (QED) is 0.652. The first-order valence-corrected chi connectivity index (χ1v) is 6.27. The van der Waals surface area contributed by atoms with Gasteiger partial charge in [0.25, 0.3) is 10.0 Å². The molecule has 2 unspecified atom stereocenters. The van der Waals surface area contributed by atoms with Crippen LogP contribution in [-0.2, 0) is 16.6 Å². The molecule has 0 bridgehead atoms. The molecule has 1 fully saturated rings. The van der Waals surface area contributed by atoms with Crippen molar-refractivity contribution in [3.05, 3.63) is 11.8 Å². The minimum absolute atomic E-state index is 0.0592. The van der Waals surface area contributed by atoms with Crippen LogP contribution in [0.3, 0.4) is 0 Å². The zero-order valence-electron chi connectivity index (χ0n) is 8.40. The van der Waals surface area contributed by atoms with Gasteiger partial charge in [-0.2, -0.15) is 5.10 Å². The van der Waals surface area contributed by atoms with E-state index >= 15 is 0 Å². The van der Waals surface area contributed by atoms with Gasteiger partial charge in [-0.1, -0.05) is 6.92 Å². The Balaban J connectivity index is 2.21. The van der Waals surface area contributed by atoms with Gasteiger partial charge in [-0.05, 0) is 12.3 Å². The monoisotopic (exact) mass is 230 g/mol. The summed E-state index contributed by atoms with van der Waals surface area (Å²) in [4.78, 5) is 0. The highest BCUT2D eigenvalue weighted by Crippen LogP contribution is 2.30. The van der Waals surface area contributed by atoms with E-state index in [0.717, 1.165) is 6.42 Å². The van der Waals surface area contributed by atoms with Crippen LogP contribution in [0.2, 0.25) is 0 Å². The number of aromatic amines is 1. The van der Waals surface area contributed by atoms with Crippen molar-refractivity contribution >= 4 is 10.0 Å². The highest BCUT2D eigenvalue weighted by atomic mass is 32.2. The smallest absolute Gasteiger partial charge is 0.258 e. The van der Waals surface area contributed by atoms with Gasteiger partial charge in [0.15, 0.2) is 5.03 Å². The molecular weight excluding hydrogens is 216 g/mol. The maximum absolute atomic E-state index is 11.8. The van der Waals surface area contributed by atoms with Crippen molar-refractivity contribution in [2.24, 2.45) is 11.7 Å². The second-order valence-electron chi connectivity index (χ2n) is 3.87. The number of sulfonamides is 1. The molecule has 0 radical (unpaired) electrons. The Morgan fingerprint density at radius 3 is 2.93 bits per heavy atom. The lowest BCUT2D eigenvalue weighted by molar-refractivity contribution is 0.572. The van der Waals surface area contributed by atoms with Gasteiger partial charge >= 0.3 is 0 Å². The Morgan fingerprint density at radius 1 is 1.73 bits per heavy atom. The molecule has 6 nitrogen and oxygen atoms in total. The number of hydrogen-bond acceptors (Lipinski definition) is 4. The molecule has 15 heavy (non-hydrogen) atoms. The SMILES string of the molecule is CC1CC1NS(=O)(=O)c1[nH]ncc1CN. The fourth-order valence-corrected chi connectivity index (χ4v) is 2.92. The van der Waals surface area contributed by atoms with Crippen LogP contribution >= 0.6 is 0 Å². The van der Waals surface area contributed by atoms with Crippen LogP contribution in [-0.4, -0.2) is 24.7 Å². The van der Waals surface area contributed by atoms with Gasteiger partial charge in [0.05, 0.1) is 6.20 Å². The van der Waals surface area contributed by atoms with Crippen LogP contribution in [0.1, 0.15) is 18.9 Å². The van der Waals surface area contributed by atoms with Crippen LogP contribution in [0.25, 0.3) is 0 Å². The van der Waals surface area contributed by atoms with Gasteiger partial charge in [-0.25, -0.2) is 13.1 Å². The summed E-state index contributed by atoms with van der Waals surface area (Å²) in [6, 6.07) is 0.0592. The summed E-state index contributed by atoms with van der Waals surface area (Å²) < 4.78 is 26.3. The second-order valence-corrected chi connectivity index (χ2v) is 5.52. The average Bonchev–Trinajstić information content (AvgIpc) is 2.72. The number of nitrogens with two attached hydrogens (primary N) is 1. The zero-order valence-corrected chi connectivity index (χ0v) is 9.21. The largest absolute Gasteiger partial charge is 0.326 e. The number of nitrogens with one attached hydrogen (secondary N) is 2. The van der Waals surface area contributed by atoms with Gasteiger partial charge in [0, 0.05) is 18.2 Å². The van der Waals surface area contributed by atoms with Crippen LogP contribution < -0.4 is 10.5 Å². The van der Waals surface area contributed by atoms with Gasteiger partial charge in [0.2, 0.25) is 0 Å². The van der Waals surface area contributed by atoms with Crippen molar-refractivity contribution in [3.63, 3.8) is 0 Å². The number of rotatable bonds is 4. The Morgan fingerprint density at radius 2 is 2.40 bits per heavy atom. The molecule has 1 heterocycles. The van der Waals surface area contributed by atoms with E-state index < -0.39 is 10.0 Å². The van der Waals surface area contributed by atoms with Crippen molar-refractivity contribution < 1.29 is 8.42 Å². The zero-order chi connectivity index (χ0) is 11.1. The molecule has 1 aliphatic carbocycles. The van der Waals surface area contributed by atoms with E-state index in [1.807, 2.05) is 6.92 Å². The van der Waals surface area contributed by atoms with E-state index in [4.69, 9.17) is 5.73 Å². The maximum Gasteiger partial charge on any atom is 0.258 e. The Labute approximate surface area is 88.3 Å². The average molecular weight is 230 g/mol. The van der Waals surface area contributed by atoms with Crippen molar-refractivity contribution in [1.29, 1.82) is 0 Å². The molecule has 1 aromatic heterocycles. The summed E-state index contributed by atoms with van der Waals surface area (Å²) in [5, 5.41) is 6.23. The molecule has 0 aromatic carbocycles. The predicted octanol–water partition coefficient (Wildman–Crippen LogP) is -0.445. The lowest BCUT2D eigenvalue weighted by atomic mass is 10.4. The second kappa shape index (κ2) is 3.58.